The van der Waals surface area contributed by atoms with Crippen LogP contribution in [-0.4, -0.2) is 64.3 Å². The predicted octanol–water partition coefficient (Wildman–Crippen LogP) is 3.33. The number of aromatic nitrogens is 4. The number of aliphatic hydroxyl groups excluding tert-OH is 1. The highest BCUT2D eigenvalue weighted by Gasteiger charge is 2.27. The van der Waals surface area contributed by atoms with Crippen molar-refractivity contribution in [2.45, 2.75) is 51.5 Å². The minimum atomic E-state index is -4.05. The van der Waals surface area contributed by atoms with Gasteiger partial charge >= 0.3 is 0 Å². The number of rotatable bonds is 13. The maximum absolute atomic E-state index is 14.0. The van der Waals surface area contributed by atoms with Gasteiger partial charge in [-0.15, -0.1) is 5.10 Å². The number of methoxy groups -OCH3 is 1. The van der Waals surface area contributed by atoms with Crippen molar-refractivity contribution in [2.24, 2.45) is 0 Å². The lowest BCUT2D eigenvalue weighted by atomic mass is 10.2. The molecule has 2 aromatic heterocycles. The van der Waals surface area contributed by atoms with Gasteiger partial charge in [0.15, 0.2) is 11.3 Å². The molecule has 2 N–H and O–H groups in total. The second kappa shape index (κ2) is 12.6. The molecular formula is C28H35N5O6S. The quantitative estimate of drug-likeness (QED) is 0.250. The van der Waals surface area contributed by atoms with Crippen LogP contribution < -0.4 is 15.0 Å². The Kier molecular flexibility index (Phi) is 9.23. The number of nitrogens with one attached hydrogen (secondary N) is 1. The number of benzene rings is 2. The average molecular weight is 570 g/mol. The van der Waals surface area contributed by atoms with E-state index in [0.29, 0.717) is 52.7 Å². The molecule has 0 fully saturated rings. The SMILES string of the molecule is CCCc1nc(C)c2c(=O)[nH]c(-c3cc(S(=O)(=O)N(CCCO)Cc4ccccc4OC)ccc3OCC)nn12. The van der Waals surface area contributed by atoms with E-state index in [1.54, 1.807) is 25.1 Å². The van der Waals surface area contributed by atoms with Crippen molar-refractivity contribution in [1.82, 2.24) is 23.9 Å². The van der Waals surface area contributed by atoms with E-state index < -0.39 is 10.0 Å². The topological polar surface area (TPSA) is 139 Å². The monoisotopic (exact) mass is 569 g/mol. The van der Waals surface area contributed by atoms with Crippen LogP contribution in [0.4, 0.5) is 0 Å². The molecule has 0 spiro atoms. The number of sulfonamides is 1. The number of fused-ring (bicyclic) bond motifs is 1. The van der Waals surface area contributed by atoms with Gasteiger partial charge in [0.05, 0.1) is 29.9 Å². The first kappa shape index (κ1) is 29.2. The molecule has 12 heteroatoms. The summed E-state index contributed by atoms with van der Waals surface area (Å²) in [4.78, 5) is 20.4. The standard InChI is InChI=1S/C28H35N5O6S/c1-5-10-25-29-19(3)26-28(35)30-27(31-33(25)26)22-17-21(13-14-24(22)39-6-2)40(36,37)32(15-9-16-34)18-20-11-7-8-12-23(20)38-4/h7-8,11-14,17,34H,5-6,9-10,15-16,18H2,1-4H3,(H,30,31,35). The predicted molar refractivity (Wildman–Crippen MR) is 151 cm³/mol. The lowest BCUT2D eigenvalue weighted by molar-refractivity contribution is 0.267. The van der Waals surface area contributed by atoms with E-state index in [-0.39, 0.29) is 42.4 Å². The minimum Gasteiger partial charge on any atom is -0.496 e. The van der Waals surface area contributed by atoms with Crippen LogP contribution in [0.5, 0.6) is 11.5 Å². The summed E-state index contributed by atoms with van der Waals surface area (Å²) in [5, 5.41) is 14.1. The lowest BCUT2D eigenvalue weighted by Gasteiger charge is -2.23. The fourth-order valence-corrected chi connectivity index (χ4v) is 6.07. The number of aromatic amines is 1. The van der Waals surface area contributed by atoms with E-state index in [4.69, 9.17) is 9.47 Å². The highest BCUT2D eigenvalue weighted by Crippen LogP contribution is 2.32. The molecule has 0 aliphatic carbocycles. The zero-order valence-corrected chi connectivity index (χ0v) is 24.0. The summed E-state index contributed by atoms with van der Waals surface area (Å²) in [6, 6.07) is 11.7. The molecule has 0 bridgehead atoms. The maximum Gasteiger partial charge on any atom is 0.277 e. The van der Waals surface area contributed by atoms with Crippen molar-refractivity contribution in [3.05, 3.63) is 69.9 Å². The number of ether oxygens (including phenoxy) is 2. The number of aryl methyl sites for hydroxylation is 2. The third-order valence-corrected chi connectivity index (χ3v) is 8.31. The third kappa shape index (κ3) is 5.88. The Morgan fingerprint density at radius 3 is 2.60 bits per heavy atom. The Morgan fingerprint density at radius 2 is 1.90 bits per heavy atom. The van der Waals surface area contributed by atoms with E-state index in [1.807, 2.05) is 26.0 Å². The van der Waals surface area contributed by atoms with Gasteiger partial charge in [-0.3, -0.25) is 4.79 Å². The van der Waals surface area contributed by atoms with E-state index in [0.717, 1.165) is 6.42 Å². The molecule has 0 aliphatic rings. The second-order valence-corrected chi connectivity index (χ2v) is 11.2. The average Bonchev–Trinajstić information content (AvgIpc) is 3.26. The molecule has 2 aromatic carbocycles. The molecule has 2 heterocycles. The summed E-state index contributed by atoms with van der Waals surface area (Å²) in [6.07, 6.45) is 1.70. The van der Waals surface area contributed by atoms with Crippen molar-refractivity contribution in [1.29, 1.82) is 0 Å². The zero-order chi connectivity index (χ0) is 28.9. The summed E-state index contributed by atoms with van der Waals surface area (Å²) < 4.78 is 42.0. The molecule has 11 nitrogen and oxygen atoms in total. The Morgan fingerprint density at radius 1 is 1.12 bits per heavy atom. The number of para-hydroxylation sites is 1. The van der Waals surface area contributed by atoms with Crippen molar-refractivity contribution in [2.75, 3.05) is 26.9 Å². The first-order valence-electron chi connectivity index (χ1n) is 13.2. The fraction of sp³-hybridized carbons (Fsp3) is 0.393. The summed E-state index contributed by atoms with van der Waals surface area (Å²) in [7, 11) is -2.52. The van der Waals surface area contributed by atoms with Gasteiger partial charge in [0.25, 0.3) is 5.56 Å². The summed E-state index contributed by atoms with van der Waals surface area (Å²) in [5.74, 6) is 1.76. The smallest absolute Gasteiger partial charge is 0.277 e. The van der Waals surface area contributed by atoms with Crippen LogP contribution in [-0.2, 0) is 23.0 Å². The highest BCUT2D eigenvalue weighted by atomic mass is 32.2. The fourth-order valence-electron chi connectivity index (χ4n) is 4.58. The van der Waals surface area contributed by atoms with Crippen LogP contribution in [0.2, 0.25) is 0 Å². The van der Waals surface area contributed by atoms with Crippen LogP contribution in [0.3, 0.4) is 0 Å². The number of hydrogen-bond acceptors (Lipinski definition) is 8. The number of nitrogens with zero attached hydrogens (tertiary/aromatic N) is 4. The molecule has 4 aromatic rings. The van der Waals surface area contributed by atoms with Gasteiger partial charge in [0.2, 0.25) is 10.0 Å². The van der Waals surface area contributed by atoms with Gasteiger partial charge in [-0.05, 0) is 51.0 Å². The van der Waals surface area contributed by atoms with Gasteiger partial charge in [-0.2, -0.15) is 4.31 Å². The van der Waals surface area contributed by atoms with Crippen LogP contribution in [0.1, 0.15) is 43.8 Å². The first-order valence-corrected chi connectivity index (χ1v) is 14.7. The molecule has 0 atom stereocenters. The Balaban J connectivity index is 1.84. The van der Waals surface area contributed by atoms with Crippen LogP contribution in [0.15, 0.2) is 52.2 Å². The number of imidazole rings is 1. The minimum absolute atomic E-state index is 0.00266. The molecule has 40 heavy (non-hydrogen) atoms. The normalized spacial score (nSPS) is 11.8. The van der Waals surface area contributed by atoms with E-state index in [2.05, 4.69) is 15.1 Å². The summed E-state index contributed by atoms with van der Waals surface area (Å²) in [5.41, 5.74) is 1.55. The zero-order valence-electron chi connectivity index (χ0n) is 23.2. The number of aliphatic hydroxyl groups is 1. The number of H-pyrrole nitrogens is 1. The summed E-state index contributed by atoms with van der Waals surface area (Å²) >= 11 is 0. The molecule has 0 unspecified atom stereocenters. The van der Waals surface area contributed by atoms with Crippen LogP contribution >= 0.6 is 0 Å². The first-order chi connectivity index (χ1) is 19.2. The van der Waals surface area contributed by atoms with E-state index in [9.17, 15) is 18.3 Å². The largest absolute Gasteiger partial charge is 0.496 e. The third-order valence-electron chi connectivity index (χ3n) is 6.46. The molecule has 0 saturated heterocycles. The van der Waals surface area contributed by atoms with E-state index in [1.165, 1.54) is 28.1 Å². The van der Waals surface area contributed by atoms with Gasteiger partial charge in [-0.25, -0.2) is 17.9 Å². The second-order valence-electron chi connectivity index (χ2n) is 9.25. The molecule has 4 rings (SSSR count). The molecule has 0 saturated carbocycles. The van der Waals surface area contributed by atoms with Crippen molar-refractivity contribution in [3.8, 4) is 22.9 Å². The van der Waals surface area contributed by atoms with Crippen molar-refractivity contribution >= 4 is 15.5 Å². The maximum atomic E-state index is 14.0. The Hall–Kier alpha value is -3.74. The Bertz CT molecular complexity index is 1650. The van der Waals surface area contributed by atoms with Gasteiger partial charge < -0.3 is 19.6 Å². The van der Waals surface area contributed by atoms with E-state index >= 15 is 0 Å². The Labute approximate surface area is 233 Å². The highest BCUT2D eigenvalue weighted by molar-refractivity contribution is 7.89. The number of hydrogen-bond donors (Lipinski definition) is 2. The van der Waals surface area contributed by atoms with Crippen molar-refractivity contribution in [3.63, 3.8) is 0 Å². The molecule has 0 radical (unpaired) electrons. The summed E-state index contributed by atoms with van der Waals surface area (Å²) in [6.45, 7) is 5.89. The molecule has 0 aliphatic heterocycles. The van der Waals surface area contributed by atoms with Crippen LogP contribution in [0.25, 0.3) is 16.9 Å². The molecular weight excluding hydrogens is 534 g/mol. The molecule has 214 valence electrons. The van der Waals surface area contributed by atoms with Crippen LogP contribution in [0, 0.1) is 6.92 Å². The molecule has 0 amide bonds. The van der Waals surface area contributed by atoms with Gasteiger partial charge in [-0.1, -0.05) is 25.1 Å². The van der Waals surface area contributed by atoms with Gasteiger partial charge in [0.1, 0.15) is 17.3 Å². The van der Waals surface area contributed by atoms with Crippen molar-refractivity contribution < 1.29 is 23.0 Å². The van der Waals surface area contributed by atoms with Gasteiger partial charge in [0, 0.05) is 31.7 Å². The lowest BCUT2D eigenvalue weighted by Crippen LogP contribution is -2.32.